The fourth-order valence-corrected chi connectivity index (χ4v) is 0.395. The topological polar surface area (TPSA) is 32.3 Å². The molecule has 0 spiro atoms. The first kappa shape index (κ1) is 6.85. The van der Waals surface area contributed by atoms with Crippen LogP contribution in [0.25, 0.3) is 0 Å². The number of hydrogen-bond acceptors (Lipinski definition) is 3. The van der Waals surface area contributed by atoms with Crippen LogP contribution in [0.5, 0.6) is 0 Å². The van der Waals surface area contributed by atoms with Crippen molar-refractivity contribution >= 4 is 12.6 Å². The number of thiol groups is 1. The second-order valence-corrected chi connectivity index (χ2v) is 1.32. The van der Waals surface area contributed by atoms with Crippen LogP contribution in [0.1, 0.15) is 0 Å². The van der Waals surface area contributed by atoms with Gasteiger partial charge in [-0.05, 0) is 5.41 Å². The van der Waals surface area contributed by atoms with Crippen molar-refractivity contribution in [1.82, 2.24) is 5.32 Å². The van der Waals surface area contributed by atoms with Crippen molar-refractivity contribution in [2.24, 2.45) is 0 Å². The van der Waals surface area contributed by atoms with Gasteiger partial charge in [0.15, 0.2) is 0 Å². The molecule has 42 valence electrons. The van der Waals surface area contributed by atoms with Crippen molar-refractivity contribution in [3.8, 4) is 0 Å². The van der Waals surface area contributed by atoms with Crippen LogP contribution in [-0.2, 0) is 0 Å². The maximum absolute atomic E-state index is 8.35. The van der Waals surface area contributed by atoms with Gasteiger partial charge < -0.3 is 10.4 Å². The third-order valence-electron chi connectivity index (χ3n) is 0.647. The summed E-state index contributed by atoms with van der Waals surface area (Å²) in [7, 11) is 1.73. The van der Waals surface area contributed by atoms with Crippen LogP contribution < -0.4 is 5.32 Å². The summed E-state index contributed by atoms with van der Waals surface area (Å²) in [5.41, 5.74) is 0.725. The fourth-order valence-electron chi connectivity index (χ4n) is 0.184. The quantitative estimate of drug-likeness (QED) is 0.446. The third kappa shape index (κ3) is 2.53. The van der Waals surface area contributed by atoms with Crippen molar-refractivity contribution in [2.45, 2.75) is 0 Å². The zero-order valence-electron chi connectivity index (χ0n) is 4.18. The minimum Gasteiger partial charge on any atom is -0.390 e. The van der Waals surface area contributed by atoms with E-state index in [1.54, 1.807) is 7.05 Å². The molecule has 0 aromatic heterocycles. The summed E-state index contributed by atoms with van der Waals surface area (Å²) in [4.78, 5) is 0. The summed E-state index contributed by atoms with van der Waals surface area (Å²) in [5.74, 6) is 0. The molecule has 0 bridgehead atoms. The van der Waals surface area contributed by atoms with E-state index in [1.807, 2.05) is 0 Å². The highest BCUT2D eigenvalue weighted by atomic mass is 32.1. The van der Waals surface area contributed by atoms with Crippen LogP contribution in [0.4, 0.5) is 0 Å². The molecule has 0 heterocycles. The van der Waals surface area contributed by atoms with Crippen LogP contribution in [0.15, 0.2) is 11.1 Å². The number of nitrogens with one attached hydrogen (secondary N) is 1. The van der Waals surface area contributed by atoms with Gasteiger partial charge in [-0.25, -0.2) is 0 Å². The van der Waals surface area contributed by atoms with E-state index in [4.69, 9.17) is 5.11 Å². The standard InChI is InChI=1S/C4H9NOS/c1-5-4(2-6)3-7/h3,5-7H,2H2,1H3/b4-3-. The first-order valence-electron chi connectivity index (χ1n) is 1.97. The summed E-state index contributed by atoms with van der Waals surface area (Å²) in [5, 5.41) is 12.6. The molecule has 2 nitrogen and oxygen atoms in total. The molecule has 3 heteroatoms. The Morgan fingerprint density at radius 2 is 2.57 bits per heavy atom. The highest BCUT2D eigenvalue weighted by Gasteiger charge is 1.82. The fraction of sp³-hybridized carbons (Fsp3) is 0.500. The average molecular weight is 119 g/mol. The predicted molar refractivity (Wildman–Crippen MR) is 33.2 cm³/mol. The van der Waals surface area contributed by atoms with Crippen LogP contribution in [-0.4, -0.2) is 18.8 Å². The van der Waals surface area contributed by atoms with Crippen LogP contribution in [0.3, 0.4) is 0 Å². The molecule has 0 aromatic carbocycles. The Hall–Kier alpha value is -0.150. The van der Waals surface area contributed by atoms with Crippen molar-refractivity contribution in [2.75, 3.05) is 13.7 Å². The largest absolute Gasteiger partial charge is 0.390 e. The summed E-state index contributed by atoms with van der Waals surface area (Å²) in [6, 6.07) is 0. The molecule has 7 heavy (non-hydrogen) atoms. The van der Waals surface area contributed by atoms with E-state index in [1.165, 1.54) is 5.41 Å². The minimum atomic E-state index is 0.0278. The summed E-state index contributed by atoms with van der Waals surface area (Å²) >= 11 is 3.79. The molecule has 0 rings (SSSR count). The predicted octanol–water partition coefficient (Wildman–Crippen LogP) is -0.0307. The number of aliphatic hydroxyl groups is 1. The molecule has 0 atom stereocenters. The molecular formula is C4H9NOS. The van der Waals surface area contributed by atoms with Gasteiger partial charge in [0.1, 0.15) is 0 Å². The SMILES string of the molecule is CN/C(=C\S)CO. The second kappa shape index (κ2) is 4.02. The molecule has 2 N–H and O–H groups in total. The maximum atomic E-state index is 8.35. The molecule has 0 saturated heterocycles. The number of hydrogen-bond donors (Lipinski definition) is 3. The van der Waals surface area contributed by atoms with E-state index in [2.05, 4.69) is 17.9 Å². The van der Waals surface area contributed by atoms with Gasteiger partial charge in [0.25, 0.3) is 0 Å². The maximum Gasteiger partial charge on any atom is 0.0832 e. The van der Waals surface area contributed by atoms with Gasteiger partial charge in [0, 0.05) is 12.7 Å². The van der Waals surface area contributed by atoms with Crippen LogP contribution >= 0.6 is 12.6 Å². The normalized spacial score (nSPS) is 11.6. The lowest BCUT2D eigenvalue weighted by Gasteiger charge is -1.96. The number of likely N-dealkylation sites (N-methyl/N-ethyl adjacent to an activating group) is 1. The summed E-state index contributed by atoms with van der Waals surface area (Å²) < 4.78 is 0. The third-order valence-corrected chi connectivity index (χ3v) is 0.959. The Bertz CT molecular complexity index is 66.1. The van der Waals surface area contributed by atoms with Crippen molar-refractivity contribution in [3.63, 3.8) is 0 Å². The Morgan fingerprint density at radius 3 is 2.57 bits per heavy atom. The molecule has 0 fully saturated rings. The lowest BCUT2D eigenvalue weighted by molar-refractivity contribution is 0.324. The highest BCUT2D eigenvalue weighted by molar-refractivity contribution is 7.83. The lowest BCUT2D eigenvalue weighted by Crippen LogP contribution is -2.08. The van der Waals surface area contributed by atoms with Gasteiger partial charge in [-0.3, -0.25) is 0 Å². The molecule has 0 radical (unpaired) electrons. The van der Waals surface area contributed by atoms with E-state index < -0.39 is 0 Å². The monoisotopic (exact) mass is 119 g/mol. The second-order valence-electron chi connectivity index (χ2n) is 1.06. The van der Waals surface area contributed by atoms with Crippen LogP contribution in [0, 0.1) is 0 Å². The number of aliphatic hydroxyl groups excluding tert-OH is 1. The Labute approximate surface area is 48.6 Å². The Morgan fingerprint density at radius 1 is 2.00 bits per heavy atom. The molecular weight excluding hydrogens is 110 g/mol. The molecule has 0 aliphatic rings. The van der Waals surface area contributed by atoms with E-state index in [9.17, 15) is 0 Å². The summed E-state index contributed by atoms with van der Waals surface area (Å²) in [6.07, 6.45) is 0. The number of rotatable bonds is 2. The molecule has 0 aromatic rings. The van der Waals surface area contributed by atoms with Crippen molar-refractivity contribution in [1.29, 1.82) is 0 Å². The van der Waals surface area contributed by atoms with Gasteiger partial charge in [0.05, 0.1) is 6.61 Å². The smallest absolute Gasteiger partial charge is 0.0832 e. The zero-order valence-corrected chi connectivity index (χ0v) is 5.07. The van der Waals surface area contributed by atoms with E-state index in [0.29, 0.717) is 0 Å². The minimum absolute atomic E-state index is 0.0278. The van der Waals surface area contributed by atoms with Gasteiger partial charge >= 0.3 is 0 Å². The molecule has 0 unspecified atom stereocenters. The molecule has 0 amide bonds. The first-order valence-corrected chi connectivity index (χ1v) is 2.48. The van der Waals surface area contributed by atoms with Gasteiger partial charge in [-0.1, -0.05) is 0 Å². The Kier molecular flexibility index (Phi) is 3.93. The van der Waals surface area contributed by atoms with Gasteiger partial charge in [-0.2, -0.15) is 0 Å². The van der Waals surface area contributed by atoms with Gasteiger partial charge in [-0.15, -0.1) is 12.6 Å². The average Bonchev–Trinajstić information content (AvgIpc) is 1.72. The van der Waals surface area contributed by atoms with Crippen molar-refractivity contribution < 1.29 is 5.11 Å². The van der Waals surface area contributed by atoms with E-state index in [0.717, 1.165) is 5.70 Å². The zero-order chi connectivity index (χ0) is 5.70. The Balaban J connectivity index is 3.38. The first-order chi connectivity index (χ1) is 3.35. The van der Waals surface area contributed by atoms with Gasteiger partial charge in [0.2, 0.25) is 0 Å². The summed E-state index contributed by atoms with van der Waals surface area (Å²) in [6.45, 7) is 0.0278. The van der Waals surface area contributed by atoms with Crippen molar-refractivity contribution in [3.05, 3.63) is 11.1 Å². The highest BCUT2D eigenvalue weighted by Crippen LogP contribution is 1.85. The molecule has 0 aliphatic heterocycles. The van der Waals surface area contributed by atoms with E-state index in [-0.39, 0.29) is 6.61 Å². The van der Waals surface area contributed by atoms with E-state index >= 15 is 0 Å². The van der Waals surface area contributed by atoms with Crippen LogP contribution in [0.2, 0.25) is 0 Å². The lowest BCUT2D eigenvalue weighted by atomic mass is 10.5. The molecule has 0 aliphatic carbocycles. The molecule has 0 saturated carbocycles.